The van der Waals surface area contributed by atoms with E-state index in [0.29, 0.717) is 4.91 Å². The molecule has 0 aliphatic carbocycles. The number of aromatic nitrogens is 1. The summed E-state index contributed by atoms with van der Waals surface area (Å²) in [7, 11) is 1.63. The highest BCUT2D eigenvalue weighted by Gasteiger charge is 2.35. The third kappa shape index (κ3) is 3.72. The zero-order valence-corrected chi connectivity index (χ0v) is 17.2. The van der Waals surface area contributed by atoms with Crippen molar-refractivity contribution in [3.63, 3.8) is 0 Å². The monoisotopic (exact) mass is 410 g/mol. The van der Waals surface area contributed by atoms with Crippen molar-refractivity contribution in [2.24, 2.45) is 0 Å². The number of rotatable bonds is 3. The van der Waals surface area contributed by atoms with Crippen molar-refractivity contribution >= 4 is 51.5 Å². The number of fused-ring (bicyclic) bond motifs is 1. The molecule has 3 heterocycles. The maximum absolute atomic E-state index is 12.6. The normalized spacial score (nSPS) is 18.8. The molecule has 0 atom stereocenters. The van der Waals surface area contributed by atoms with Gasteiger partial charge in [-0.3, -0.25) is 15.0 Å². The van der Waals surface area contributed by atoms with Gasteiger partial charge in [-0.2, -0.15) is 0 Å². The number of carbonyl (C=O) groups is 2. The molecule has 0 radical (unpaired) electrons. The summed E-state index contributed by atoms with van der Waals surface area (Å²) >= 11 is 1.01. The molecular weight excluding hydrogens is 388 g/mol. The van der Waals surface area contributed by atoms with E-state index in [9.17, 15) is 9.59 Å². The van der Waals surface area contributed by atoms with Crippen LogP contribution in [0.4, 0.5) is 5.82 Å². The zero-order chi connectivity index (χ0) is 20.5. The topological polar surface area (TPSA) is 86.6 Å². The molecular formula is C21H22N4O3S. The van der Waals surface area contributed by atoms with Crippen LogP contribution >= 0.6 is 11.8 Å². The smallest absolute Gasteiger partial charge is 0.273 e. The summed E-state index contributed by atoms with van der Waals surface area (Å²) in [6.45, 7) is 3.12. The molecule has 1 aromatic carbocycles. The SMILES string of the molecule is COc1ccc2cc(/C=C3/SC(=N)N(C(C)=O)C3=O)c(N3CCCCC3)nc2c1. The number of nitrogens with zero attached hydrogens (tertiary/aromatic N) is 3. The van der Waals surface area contributed by atoms with Gasteiger partial charge >= 0.3 is 0 Å². The Morgan fingerprint density at radius 1 is 1.24 bits per heavy atom. The Labute approximate surface area is 173 Å². The van der Waals surface area contributed by atoms with Crippen LogP contribution in [-0.4, -0.2) is 47.1 Å². The molecule has 1 aromatic heterocycles. The van der Waals surface area contributed by atoms with Crippen molar-refractivity contribution in [3.05, 3.63) is 34.7 Å². The van der Waals surface area contributed by atoms with Gasteiger partial charge in [0.25, 0.3) is 5.91 Å². The Kier molecular flexibility index (Phi) is 5.27. The van der Waals surface area contributed by atoms with E-state index in [1.165, 1.54) is 13.3 Å². The lowest BCUT2D eigenvalue weighted by atomic mass is 10.1. The fraction of sp³-hybridized carbons (Fsp3) is 0.333. The summed E-state index contributed by atoms with van der Waals surface area (Å²) in [5.74, 6) is 0.662. The molecule has 0 unspecified atom stereocenters. The lowest BCUT2D eigenvalue weighted by Gasteiger charge is -2.29. The molecule has 2 saturated heterocycles. The molecule has 2 aromatic rings. The fourth-order valence-electron chi connectivity index (χ4n) is 3.66. The first kappa shape index (κ1) is 19.4. The quantitative estimate of drug-likeness (QED) is 0.778. The van der Waals surface area contributed by atoms with E-state index in [0.717, 1.165) is 70.6 Å². The van der Waals surface area contributed by atoms with Crippen LogP contribution in [0.1, 0.15) is 31.7 Å². The van der Waals surface area contributed by atoms with Crippen molar-refractivity contribution in [3.8, 4) is 5.75 Å². The molecule has 0 bridgehead atoms. The number of piperidine rings is 1. The zero-order valence-electron chi connectivity index (χ0n) is 16.4. The second-order valence-corrected chi connectivity index (χ2v) is 8.11. The number of hydrogen-bond acceptors (Lipinski definition) is 7. The number of amides is 2. The molecule has 2 aliphatic rings. The summed E-state index contributed by atoms with van der Waals surface area (Å²) in [6.07, 6.45) is 5.16. The number of pyridine rings is 1. The molecule has 2 aliphatic heterocycles. The molecule has 150 valence electrons. The van der Waals surface area contributed by atoms with Crippen LogP contribution < -0.4 is 9.64 Å². The van der Waals surface area contributed by atoms with Gasteiger partial charge in [0.05, 0.1) is 17.5 Å². The highest BCUT2D eigenvalue weighted by Crippen LogP contribution is 2.35. The molecule has 8 heteroatoms. The van der Waals surface area contributed by atoms with Crippen LogP contribution in [0.5, 0.6) is 5.75 Å². The average molecular weight is 410 g/mol. The average Bonchev–Trinajstić information content (AvgIpc) is 3.00. The van der Waals surface area contributed by atoms with E-state index in [1.807, 2.05) is 24.3 Å². The van der Waals surface area contributed by atoms with Crippen LogP contribution in [0, 0.1) is 5.41 Å². The number of imide groups is 1. The maximum Gasteiger partial charge on any atom is 0.273 e. The van der Waals surface area contributed by atoms with Crippen molar-refractivity contribution in [2.75, 3.05) is 25.1 Å². The number of carbonyl (C=O) groups excluding carboxylic acids is 2. The largest absolute Gasteiger partial charge is 0.497 e. The Hall–Kier alpha value is -2.87. The van der Waals surface area contributed by atoms with E-state index in [4.69, 9.17) is 15.1 Å². The Morgan fingerprint density at radius 2 is 2.00 bits per heavy atom. The highest BCUT2D eigenvalue weighted by atomic mass is 32.2. The third-order valence-electron chi connectivity index (χ3n) is 5.11. The number of amidine groups is 1. The summed E-state index contributed by atoms with van der Waals surface area (Å²) in [4.78, 5) is 32.7. The lowest BCUT2D eigenvalue weighted by molar-refractivity contribution is -0.135. The molecule has 2 fully saturated rings. The van der Waals surface area contributed by atoms with Gasteiger partial charge in [0.2, 0.25) is 5.91 Å². The first-order chi connectivity index (χ1) is 14.0. The van der Waals surface area contributed by atoms with Gasteiger partial charge < -0.3 is 9.64 Å². The molecule has 0 spiro atoms. The standard InChI is InChI=1S/C21H22N4O3S/c1-13(26)25-20(27)18(29-21(25)22)11-15-10-14-6-7-16(28-2)12-17(14)23-19(15)24-8-4-3-5-9-24/h6-7,10-12,22H,3-5,8-9H2,1-2H3/b18-11+,22-21?. The summed E-state index contributed by atoms with van der Waals surface area (Å²) < 4.78 is 5.33. The van der Waals surface area contributed by atoms with E-state index in [-0.39, 0.29) is 5.17 Å². The van der Waals surface area contributed by atoms with Crippen molar-refractivity contribution in [1.29, 1.82) is 5.41 Å². The Balaban J connectivity index is 1.82. The minimum absolute atomic E-state index is 0.0632. The van der Waals surface area contributed by atoms with Crippen molar-refractivity contribution in [1.82, 2.24) is 9.88 Å². The molecule has 0 saturated carbocycles. The van der Waals surface area contributed by atoms with Crippen LogP contribution in [0.15, 0.2) is 29.2 Å². The van der Waals surface area contributed by atoms with Gasteiger partial charge in [-0.1, -0.05) is 0 Å². The second kappa shape index (κ2) is 7.87. The number of nitrogens with one attached hydrogen (secondary N) is 1. The number of anilines is 1. The lowest BCUT2D eigenvalue weighted by Crippen LogP contribution is -2.33. The number of ether oxygens (including phenoxy) is 1. The summed E-state index contributed by atoms with van der Waals surface area (Å²) in [5, 5.41) is 8.83. The predicted octanol–water partition coefficient (Wildman–Crippen LogP) is 3.63. The summed E-state index contributed by atoms with van der Waals surface area (Å²) in [5.41, 5.74) is 1.65. The Morgan fingerprint density at radius 3 is 2.66 bits per heavy atom. The van der Waals surface area contributed by atoms with E-state index >= 15 is 0 Å². The van der Waals surface area contributed by atoms with E-state index in [2.05, 4.69) is 4.90 Å². The number of methoxy groups -OCH3 is 1. The van der Waals surface area contributed by atoms with Gasteiger partial charge in [-0.05, 0) is 55.3 Å². The van der Waals surface area contributed by atoms with E-state index < -0.39 is 11.8 Å². The summed E-state index contributed by atoms with van der Waals surface area (Å²) in [6, 6.07) is 7.73. The van der Waals surface area contributed by atoms with Gasteiger partial charge in [0.1, 0.15) is 11.6 Å². The maximum atomic E-state index is 12.6. The molecule has 1 N–H and O–H groups in total. The predicted molar refractivity (Wildman–Crippen MR) is 115 cm³/mol. The first-order valence-corrected chi connectivity index (χ1v) is 10.4. The second-order valence-electron chi connectivity index (χ2n) is 7.08. The van der Waals surface area contributed by atoms with E-state index in [1.54, 1.807) is 13.2 Å². The van der Waals surface area contributed by atoms with Crippen LogP contribution in [-0.2, 0) is 9.59 Å². The van der Waals surface area contributed by atoms with Gasteiger partial charge in [-0.15, -0.1) is 0 Å². The number of hydrogen-bond donors (Lipinski definition) is 1. The first-order valence-electron chi connectivity index (χ1n) is 9.55. The minimum atomic E-state index is -0.452. The molecule has 4 rings (SSSR count). The van der Waals surface area contributed by atoms with Crippen LogP contribution in [0.2, 0.25) is 0 Å². The third-order valence-corrected chi connectivity index (χ3v) is 6.00. The number of thioether (sulfide) groups is 1. The van der Waals surface area contributed by atoms with Gasteiger partial charge in [0, 0.05) is 37.0 Å². The van der Waals surface area contributed by atoms with Gasteiger partial charge in [0.15, 0.2) is 5.17 Å². The highest BCUT2D eigenvalue weighted by molar-refractivity contribution is 8.18. The molecule has 2 amide bonds. The minimum Gasteiger partial charge on any atom is -0.497 e. The van der Waals surface area contributed by atoms with Crippen molar-refractivity contribution < 1.29 is 14.3 Å². The van der Waals surface area contributed by atoms with Crippen LogP contribution in [0.25, 0.3) is 17.0 Å². The number of benzene rings is 1. The Bertz CT molecular complexity index is 1040. The molecule has 29 heavy (non-hydrogen) atoms. The molecule has 7 nitrogen and oxygen atoms in total. The van der Waals surface area contributed by atoms with Gasteiger partial charge in [-0.25, -0.2) is 9.88 Å². The van der Waals surface area contributed by atoms with Crippen molar-refractivity contribution in [2.45, 2.75) is 26.2 Å². The van der Waals surface area contributed by atoms with Crippen LogP contribution in [0.3, 0.4) is 0 Å². The fourth-order valence-corrected chi connectivity index (χ4v) is 4.54.